The van der Waals surface area contributed by atoms with Crippen LogP contribution in [0, 0.1) is 0 Å². The molecule has 1 aromatic rings. The standard InChI is InChI=1S/C13H16FNO2/c14-7-10-6-13-12(16-8-17-13)5-9(10)4-11-2-1-3-15-11/h5-6,11,15H,1-4,7-8H2. The molecule has 3 rings (SSSR count). The van der Waals surface area contributed by atoms with Crippen molar-refractivity contribution in [2.24, 2.45) is 0 Å². The smallest absolute Gasteiger partial charge is 0.231 e. The number of alkyl halides is 1. The molecule has 0 saturated carbocycles. The first-order chi connectivity index (χ1) is 8.36. The van der Waals surface area contributed by atoms with Crippen LogP contribution >= 0.6 is 0 Å². The van der Waals surface area contributed by atoms with Crippen LogP contribution in [-0.4, -0.2) is 19.4 Å². The molecule has 1 atom stereocenters. The summed E-state index contributed by atoms with van der Waals surface area (Å²) in [6.07, 6.45) is 3.25. The molecule has 0 amide bonds. The molecule has 0 aliphatic carbocycles. The highest BCUT2D eigenvalue weighted by molar-refractivity contribution is 5.48. The van der Waals surface area contributed by atoms with Gasteiger partial charge in [-0.2, -0.15) is 0 Å². The summed E-state index contributed by atoms with van der Waals surface area (Å²) in [5, 5.41) is 3.43. The molecular weight excluding hydrogens is 221 g/mol. The zero-order valence-corrected chi connectivity index (χ0v) is 9.67. The molecule has 0 spiro atoms. The third kappa shape index (κ3) is 2.09. The van der Waals surface area contributed by atoms with Gasteiger partial charge < -0.3 is 14.8 Å². The summed E-state index contributed by atoms with van der Waals surface area (Å²) in [6, 6.07) is 4.17. The fourth-order valence-electron chi connectivity index (χ4n) is 2.54. The Hall–Kier alpha value is -1.29. The van der Waals surface area contributed by atoms with Crippen molar-refractivity contribution in [3.8, 4) is 11.5 Å². The van der Waals surface area contributed by atoms with Crippen LogP contribution < -0.4 is 14.8 Å². The van der Waals surface area contributed by atoms with Gasteiger partial charge in [-0.15, -0.1) is 0 Å². The van der Waals surface area contributed by atoms with E-state index in [1.54, 1.807) is 6.07 Å². The molecule has 1 fully saturated rings. The van der Waals surface area contributed by atoms with Gasteiger partial charge in [0.05, 0.1) is 0 Å². The Morgan fingerprint density at radius 3 is 2.65 bits per heavy atom. The summed E-state index contributed by atoms with van der Waals surface area (Å²) in [5.41, 5.74) is 1.76. The summed E-state index contributed by atoms with van der Waals surface area (Å²) in [5.74, 6) is 1.41. The maximum absolute atomic E-state index is 13.0. The summed E-state index contributed by atoms with van der Waals surface area (Å²) >= 11 is 0. The van der Waals surface area contributed by atoms with Crippen LogP contribution in [-0.2, 0) is 13.1 Å². The highest BCUT2D eigenvalue weighted by Crippen LogP contribution is 2.35. The molecule has 2 heterocycles. The van der Waals surface area contributed by atoms with E-state index in [0.29, 0.717) is 11.8 Å². The first kappa shape index (κ1) is 10.8. The van der Waals surface area contributed by atoms with Gasteiger partial charge in [0.2, 0.25) is 6.79 Å². The van der Waals surface area contributed by atoms with E-state index in [0.717, 1.165) is 29.8 Å². The van der Waals surface area contributed by atoms with Crippen molar-refractivity contribution < 1.29 is 13.9 Å². The van der Waals surface area contributed by atoms with E-state index in [1.165, 1.54) is 12.8 Å². The van der Waals surface area contributed by atoms with Crippen molar-refractivity contribution in [2.45, 2.75) is 32.0 Å². The Morgan fingerprint density at radius 2 is 2.00 bits per heavy atom. The van der Waals surface area contributed by atoms with Crippen molar-refractivity contribution in [3.05, 3.63) is 23.3 Å². The average Bonchev–Trinajstić information content (AvgIpc) is 2.98. The number of halogens is 1. The average molecular weight is 237 g/mol. The lowest BCUT2D eigenvalue weighted by Gasteiger charge is -2.13. The maximum atomic E-state index is 13.0. The molecule has 1 N–H and O–H groups in total. The molecule has 17 heavy (non-hydrogen) atoms. The maximum Gasteiger partial charge on any atom is 0.231 e. The lowest BCUT2D eigenvalue weighted by atomic mass is 9.99. The molecule has 1 unspecified atom stereocenters. The third-order valence-corrected chi connectivity index (χ3v) is 3.47. The van der Waals surface area contributed by atoms with Gasteiger partial charge in [0, 0.05) is 6.04 Å². The number of nitrogens with one attached hydrogen (secondary N) is 1. The van der Waals surface area contributed by atoms with Crippen LogP contribution in [0.3, 0.4) is 0 Å². The topological polar surface area (TPSA) is 30.5 Å². The minimum Gasteiger partial charge on any atom is -0.454 e. The Bertz CT molecular complexity index is 416. The quantitative estimate of drug-likeness (QED) is 0.874. The van der Waals surface area contributed by atoms with E-state index in [4.69, 9.17) is 9.47 Å². The minimum atomic E-state index is -0.446. The van der Waals surface area contributed by atoms with Gasteiger partial charge in [-0.1, -0.05) is 0 Å². The third-order valence-electron chi connectivity index (χ3n) is 3.47. The van der Waals surface area contributed by atoms with E-state index < -0.39 is 6.67 Å². The van der Waals surface area contributed by atoms with Crippen molar-refractivity contribution in [1.29, 1.82) is 0 Å². The van der Waals surface area contributed by atoms with Gasteiger partial charge in [-0.05, 0) is 49.1 Å². The molecule has 92 valence electrons. The summed E-state index contributed by atoms with van der Waals surface area (Å²) < 4.78 is 23.6. The summed E-state index contributed by atoms with van der Waals surface area (Å²) in [6.45, 7) is 0.866. The second-order valence-corrected chi connectivity index (χ2v) is 4.61. The Morgan fingerprint density at radius 1 is 1.24 bits per heavy atom. The molecule has 4 heteroatoms. The zero-order chi connectivity index (χ0) is 11.7. The van der Waals surface area contributed by atoms with Gasteiger partial charge in [0.25, 0.3) is 0 Å². The van der Waals surface area contributed by atoms with Gasteiger partial charge in [-0.3, -0.25) is 0 Å². The molecule has 0 aromatic heterocycles. The summed E-state index contributed by atoms with van der Waals surface area (Å²) in [7, 11) is 0. The molecule has 3 nitrogen and oxygen atoms in total. The van der Waals surface area contributed by atoms with E-state index in [2.05, 4.69) is 5.32 Å². The predicted molar refractivity (Wildman–Crippen MR) is 62.1 cm³/mol. The van der Waals surface area contributed by atoms with Crippen LogP contribution in [0.1, 0.15) is 24.0 Å². The Balaban J connectivity index is 1.86. The van der Waals surface area contributed by atoms with Crippen LogP contribution in [0.2, 0.25) is 0 Å². The number of benzene rings is 1. The van der Waals surface area contributed by atoms with E-state index in [9.17, 15) is 4.39 Å². The lowest BCUT2D eigenvalue weighted by molar-refractivity contribution is 0.174. The second-order valence-electron chi connectivity index (χ2n) is 4.61. The number of rotatable bonds is 3. The van der Waals surface area contributed by atoms with E-state index in [-0.39, 0.29) is 6.79 Å². The molecule has 1 saturated heterocycles. The predicted octanol–water partition coefficient (Wildman–Crippen LogP) is 2.18. The van der Waals surface area contributed by atoms with Gasteiger partial charge in [0.15, 0.2) is 11.5 Å². The second kappa shape index (κ2) is 4.53. The minimum absolute atomic E-state index is 0.242. The largest absolute Gasteiger partial charge is 0.454 e. The lowest BCUT2D eigenvalue weighted by Crippen LogP contribution is -2.24. The van der Waals surface area contributed by atoms with E-state index in [1.807, 2.05) is 6.07 Å². The Labute approximate surface area is 99.9 Å². The first-order valence-corrected chi connectivity index (χ1v) is 6.07. The summed E-state index contributed by atoms with van der Waals surface area (Å²) in [4.78, 5) is 0. The number of hydrogen-bond donors (Lipinski definition) is 1. The monoisotopic (exact) mass is 237 g/mol. The zero-order valence-electron chi connectivity index (χ0n) is 9.67. The van der Waals surface area contributed by atoms with E-state index >= 15 is 0 Å². The SMILES string of the molecule is FCc1cc2c(cc1CC1CCCN1)OCO2. The van der Waals surface area contributed by atoms with Crippen molar-refractivity contribution in [3.63, 3.8) is 0 Å². The molecule has 2 aliphatic heterocycles. The van der Waals surface area contributed by atoms with Crippen molar-refractivity contribution in [1.82, 2.24) is 5.32 Å². The van der Waals surface area contributed by atoms with Crippen LogP contribution in [0.4, 0.5) is 4.39 Å². The molecule has 2 aliphatic rings. The molecule has 0 bridgehead atoms. The fourth-order valence-corrected chi connectivity index (χ4v) is 2.54. The number of fused-ring (bicyclic) bond motifs is 1. The first-order valence-electron chi connectivity index (χ1n) is 6.07. The molecule has 1 aromatic carbocycles. The molecular formula is C13H16FNO2. The van der Waals surface area contributed by atoms with Crippen molar-refractivity contribution >= 4 is 0 Å². The van der Waals surface area contributed by atoms with Crippen LogP contribution in [0.5, 0.6) is 11.5 Å². The highest BCUT2D eigenvalue weighted by Gasteiger charge is 2.20. The van der Waals surface area contributed by atoms with Crippen LogP contribution in [0.25, 0.3) is 0 Å². The normalized spacial score (nSPS) is 22.1. The number of ether oxygens (including phenoxy) is 2. The fraction of sp³-hybridized carbons (Fsp3) is 0.538. The molecule has 0 radical (unpaired) electrons. The van der Waals surface area contributed by atoms with Crippen LogP contribution in [0.15, 0.2) is 12.1 Å². The van der Waals surface area contributed by atoms with Gasteiger partial charge in [-0.25, -0.2) is 4.39 Å². The highest BCUT2D eigenvalue weighted by atomic mass is 19.1. The van der Waals surface area contributed by atoms with Gasteiger partial charge >= 0.3 is 0 Å². The number of hydrogen-bond acceptors (Lipinski definition) is 3. The Kier molecular flexibility index (Phi) is 2.89. The van der Waals surface area contributed by atoms with Gasteiger partial charge in [0.1, 0.15) is 6.67 Å². The van der Waals surface area contributed by atoms with Crippen molar-refractivity contribution in [2.75, 3.05) is 13.3 Å².